The number of carbonyl (C=O) groups is 2. The van der Waals surface area contributed by atoms with Crippen LogP contribution in [0.15, 0.2) is 0 Å². The first kappa shape index (κ1) is 24.9. The third kappa shape index (κ3) is 15.2. The van der Waals surface area contributed by atoms with Crippen molar-refractivity contribution in [2.24, 2.45) is 11.8 Å². The van der Waals surface area contributed by atoms with E-state index in [1.165, 1.54) is 64.2 Å². The van der Waals surface area contributed by atoms with Gasteiger partial charge in [-0.1, -0.05) is 104 Å². The van der Waals surface area contributed by atoms with Crippen LogP contribution in [0.2, 0.25) is 0 Å². The number of rotatable bonds is 19. The van der Waals surface area contributed by atoms with Crippen molar-refractivity contribution in [3.8, 4) is 0 Å². The zero-order chi connectivity index (χ0) is 19.6. The minimum Gasteiger partial charge on any atom is -0.481 e. The Morgan fingerprint density at radius 3 is 1.50 bits per heavy atom. The Hall–Kier alpha value is -1.06. The van der Waals surface area contributed by atoms with E-state index in [1.54, 1.807) is 0 Å². The maximum Gasteiger partial charge on any atom is 0.307 e. The second kappa shape index (κ2) is 17.4. The first-order chi connectivity index (χ1) is 12.5. The maximum atomic E-state index is 11.4. The van der Waals surface area contributed by atoms with Gasteiger partial charge in [-0.05, 0) is 12.3 Å². The molecule has 2 unspecified atom stereocenters. The van der Waals surface area contributed by atoms with E-state index in [1.807, 2.05) is 0 Å². The summed E-state index contributed by atoms with van der Waals surface area (Å²) in [5, 5.41) is 18.3. The summed E-state index contributed by atoms with van der Waals surface area (Å²) in [7, 11) is 0. The molecule has 0 bridgehead atoms. The molecule has 0 saturated heterocycles. The van der Waals surface area contributed by atoms with Gasteiger partial charge in [-0.25, -0.2) is 0 Å². The van der Waals surface area contributed by atoms with Gasteiger partial charge in [0.1, 0.15) is 0 Å². The molecule has 0 fully saturated rings. The summed E-state index contributed by atoms with van der Waals surface area (Å²) in [6, 6.07) is 0. The second-order valence-corrected chi connectivity index (χ2v) is 7.85. The third-order valence-electron chi connectivity index (χ3n) is 5.32. The zero-order valence-electron chi connectivity index (χ0n) is 17.2. The molecule has 0 amide bonds. The summed E-state index contributed by atoms with van der Waals surface area (Å²) in [6.45, 7) is 4.42. The summed E-state index contributed by atoms with van der Waals surface area (Å²) in [5.41, 5.74) is 0. The van der Waals surface area contributed by atoms with Crippen molar-refractivity contribution in [2.45, 2.75) is 117 Å². The van der Waals surface area contributed by atoms with Gasteiger partial charge in [0, 0.05) is 0 Å². The van der Waals surface area contributed by atoms with E-state index >= 15 is 0 Å². The van der Waals surface area contributed by atoms with E-state index in [-0.39, 0.29) is 6.42 Å². The Balaban J connectivity index is 4.29. The van der Waals surface area contributed by atoms with Gasteiger partial charge in [0.15, 0.2) is 0 Å². The molecule has 0 aromatic heterocycles. The van der Waals surface area contributed by atoms with E-state index in [9.17, 15) is 14.7 Å². The standard InChI is InChI=1S/C22H42O4/c1-3-5-7-9-10-12-14-16-19(15-13-11-8-6-4-2)17-20(22(25)26)18-21(23)24/h19-20H,3-18H2,1-2H3,(H,23,24)(H,25,26). The number of carboxylic acids is 2. The molecule has 2 N–H and O–H groups in total. The summed E-state index contributed by atoms with van der Waals surface area (Å²) in [5.74, 6) is -2.34. The predicted octanol–water partition coefficient (Wildman–Crippen LogP) is 6.67. The minimum absolute atomic E-state index is 0.251. The van der Waals surface area contributed by atoms with Gasteiger partial charge in [-0.2, -0.15) is 0 Å². The molecule has 4 heteroatoms. The lowest BCUT2D eigenvalue weighted by molar-refractivity contribution is -0.148. The smallest absolute Gasteiger partial charge is 0.307 e. The number of hydrogen-bond acceptors (Lipinski definition) is 2. The molecule has 0 spiro atoms. The Morgan fingerprint density at radius 2 is 1.12 bits per heavy atom. The van der Waals surface area contributed by atoms with Crippen molar-refractivity contribution >= 4 is 11.9 Å². The largest absolute Gasteiger partial charge is 0.481 e. The molecule has 0 aromatic rings. The zero-order valence-corrected chi connectivity index (χ0v) is 17.2. The van der Waals surface area contributed by atoms with Crippen LogP contribution in [0.1, 0.15) is 117 Å². The van der Waals surface area contributed by atoms with E-state index in [4.69, 9.17) is 5.11 Å². The molecule has 0 aromatic carbocycles. The van der Waals surface area contributed by atoms with Crippen LogP contribution in [-0.4, -0.2) is 22.2 Å². The lowest BCUT2D eigenvalue weighted by Crippen LogP contribution is -2.21. The average molecular weight is 371 g/mol. The lowest BCUT2D eigenvalue weighted by atomic mass is 9.85. The first-order valence-corrected chi connectivity index (χ1v) is 11.0. The molecular formula is C22H42O4. The maximum absolute atomic E-state index is 11.4. The van der Waals surface area contributed by atoms with Crippen LogP contribution in [0.3, 0.4) is 0 Å². The van der Waals surface area contributed by atoms with Crippen molar-refractivity contribution in [3.63, 3.8) is 0 Å². The van der Waals surface area contributed by atoms with Crippen LogP contribution in [0.25, 0.3) is 0 Å². The van der Waals surface area contributed by atoms with Gasteiger partial charge in [0.2, 0.25) is 0 Å². The fourth-order valence-electron chi connectivity index (χ4n) is 3.69. The fraction of sp³-hybridized carbons (Fsp3) is 0.909. The topological polar surface area (TPSA) is 74.6 Å². The van der Waals surface area contributed by atoms with Gasteiger partial charge in [0.05, 0.1) is 12.3 Å². The van der Waals surface area contributed by atoms with Crippen molar-refractivity contribution in [3.05, 3.63) is 0 Å². The Kier molecular flexibility index (Phi) is 16.7. The average Bonchev–Trinajstić information content (AvgIpc) is 2.59. The highest BCUT2D eigenvalue weighted by molar-refractivity contribution is 5.77. The van der Waals surface area contributed by atoms with Crippen molar-refractivity contribution in [2.75, 3.05) is 0 Å². The van der Waals surface area contributed by atoms with E-state index in [2.05, 4.69) is 13.8 Å². The second-order valence-electron chi connectivity index (χ2n) is 7.85. The van der Waals surface area contributed by atoms with Crippen LogP contribution in [0.5, 0.6) is 0 Å². The molecule has 0 radical (unpaired) electrons. The quantitative estimate of drug-likeness (QED) is 0.249. The minimum atomic E-state index is -1.00. The van der Waals surface area contributed by atoms with Gasteiger partial charge < -0.3 is 10.2 Å². The van der Waals surface area contributed by atoms with Crippen LogP contribution in [0.4, 0.5) is 0 Å². The first-order valence-electron chi connectivity index (χ1n) is 11.0. The van der Waals surface area contributed by atoms with Crippen molar-refractivity contribution in [1.29, 1.82) is 0 Å². The molecule has 154 valence electrons. The highest BCUT2D eigenvalue weighted by Crippen LogP contribution is 2.27. The number of aliphatic carboxylic acids is 2. The number of unbranched alkanes of at least 4 members (excludes halogenated alkanes) is 10. The number of carboxylic acid groups (broad SMARTS) is 2. The molecule has 0 saturated carbocycles. The Morgan fingerprint density at radius 1 is 0.692 bits per heavy atom. The van der Waals surface area contributed by atoms with Crippen LogP contribution in [-0.2, 0) is 9.59 Å². The molecule has 0 aliphatic carbocycles. The van der Waals surface area contributed by atoms with Crippen LogP contribution >= 0.6 is 0 Å². The Labute approximate surface area is 160 Å². The molecular weight excluding hydrogens is 328 g/mol. The molecule has 0 aliphatic heterocycles. The highest BCUT2D eigenvalue weighted by atomic mass is 16.4. The van der Waals surface area contributed by atoms with Crippen molar-refractivity contribution < 1.29 is 19.8 Å². The SMILES string of the molecule is CCCCCCCCCC(CCCCCCC)CC(CC(=O)O)C(=O)O. The van der Waals surface area contributed by atoms with Crippen LogP contribution < -0.4 is 0 Å². The molecule has 4 nitrogen and oxygen atoms in total. The summed E-state index contributed by atoms with van der Waals surface area (Å²) in [4.78, 5) is 22.3. The monoisotopic (exact) mass is 370 g/mol. The van der Waals surface area contributed by atoms with Crippen molar-refractivity contribution in [1.82, 2.24) is 0 Å². The summed E-state index contributed by atoms with van der Waals surface area (Å²) >= 11 is 0. The van der Waals surface area contributed by atoms with Gasteiger partial charge in [-0.15, -0.1) is 0 Å². The number of hydrogen-bond donors (Lipinski definition) is 2. The molecule has 2 atom stereocenters. The van der Waals surface area contributed by atoms with Gasteiger partial charge in [-0.3, -0.25) is 9.59 Å². The molecule has 0 heterocycles. The lowest BCUT2D eigenvalue weighted by Gasteiger charge is -2.20. The summed E-state index contributed by atoms with van der Waals surface area (Å²) < 4.78 is 0. The Bertz CT molecular complexity index is 354. The molecule has 0 aliphatic rings. The van der Waals surface area contributed by atoms with E-state index < -0.39 is 17.9 Å². The summed E-state index contributed by atoms with van der Waals surface area (Å²) in [6.07, 6.45) is 17.3. The molecule has 0 rings (SSSR count). The van der Waals surface area contributed by atoms with Gasteiger partial charge >= 0.3 is 11.9 Å². The fourth-order valence-corrected chi connectivity index (χ4v) is 3.69. The van der Waals surface area contributed by atoms with E-state index in [0.717, 1.165) is 25.7 Å². The van der Waals surface area contributed by atoms with Crippen LogP contribution in [0, 0.1) is 11.8 Å². The van der Waals surface area contributed by atoms with E-state index in [0.29, 0.717) is 12.3 Å². The van der Waals surface area contributed by atoms with Gasteiger partial charge in [0.25, 0.3) is 0 Å². The third-order valence-corrected chi connectivity index (χ3v) is 5.32. The predicted molar refractivity (Wildman–Crippen MR) is 107 cm³/mol. The highest BCUT2D eigenvalue weighted by Gasteiger charge is 2.24. The normalized spacial score (nSPS) is 13.5. The molecule has 26 heavy (non-hydrogen) atoms.